The van der Waals surface area contributed by atoms with E-state index >= 15 is 0 Å². The molecule has 186 valence electrons. The van der Waals surface area contributed by atoms with Crippen LogP contribution in [-0.4, -0.2) is 18.0 Å². The fourth-order valence-electron chi connectivity index (χ4n) is 3.58. The molecule has 2 N–H and O–H groups in total. The Morgan fingerprint density at radius 2 is 1.49 bits per heavy atom. The first-order valence-corrected chi connectivity index (χ1v) is 12.6. The molecule has 0 heterocycles. The summed E-state index contributed by atoms with van der Waals surface area (Å²) < 4.78 is 6.84. The number of hydrazone groups is 1. The second-order valence-corrected chi connectivity index (χ2v) is 9.20. The second kappa shape index (κ2) is 13.2. The van der Waals surface area contributed by atoms with Gasteiger partial charge in [0.15, 0.2) is 0 Å². The van der Waals surface area contributed by atoms with Gasteiger partial charge in [-0.05, 0) is 65.2 Å². The predicted molar refractivity (Wildman–Crippen MR) is 148 cm³/mol. The number of rotatable bonds is 10. The van der Waals surface area contributed by atoms with E-state index in [9.17, 15) is 9.59 Å². The number of nitrogens with one attached hydrogen (secondary N) is 2. The molecule has 4 aromatic rings. The maximum Gasteiger partial charge on any atom is 0.251 e. The third kappa shape index (κ3) is 8.15. The van der Waals surface area contributed by atoms with Crippen molar-refractivity contribution < 1.29 is 14.3 Å². The van der Waals surface area contributed by atoms with Gasteiger partial charge in [0.2, 0.25) is 5.91 Å². The molecule has 37 heavy (non-hydrogen) atoms. The zero-order chi connectivity index (χ0) is 25.9. The number of carbonyl (C=O) groups excluding carboxylic acids is 2. The van der Waals surface area contributed by atoms with Crippen LogP contribution in [0.25, 0.3) is 0 Å². The molecule has 0 spiro atoms. The van der Waals surface area contributed by atoms with Crippen LogP contribution in [0, 0.1) is 0 Å². The first-order chi connectivity index (χ1) is 18.1. The fourth-order valence-corrected chi connectivity index (χ4v) is 3.84. The van der Waals surface area contributed by atoms with Crippen molar-refractivity contribution in [2.75, 3.05) is 0 Å². The second-order valence-electron chi connectivity index (χ2n) is 8.28. The Kier molecular flexibility index (Phi) is 9.21. The third-order valence-electron chi connectivity index (χ3n) is 5.53. The van der Waals surface area contributed by atoms with Gasteiger partial charge >= 0.3 is 0 Å². The highest BCUT2D eigenvalue weighted by atomic mass is 79.9. The number of amides is 2. The summed E-state index contributed by atoms with van der Waals surface area (Å²) in [5, 5.41) is 7.03. The van der Waals surface area contributed by atoms with Crippen LogP contribution in [0.1, 0.15) is 39.5 Å². The molecule has 0 radical (unpaired) electrons. The van der Waals surface area contributed by atoms with E-state index in [0.717, 1.165) is 26.9 Å². The largest absolute Gasteiger partial charge is 0.489 e. The van der Waals surface area contributed by atoms with Crippen LogP contribution in [0.5, 0.6) is 5.75 Å². The van der Waals surface area contributed by atoms with Crippen molar-refractivity contribution in [3.63, 3.8) is 0 Å². The Morgan fingerprint density at radius 1 is 0.838 bits per heavy atom. The molecule has 6 nitrogen and oxygen atoms in total. The molecule has 0 aliphatic carbocycles. The SMILES string of the molecule is O=C(C[C@H](NC(=O)c1ccccc1)c1ccccc1)N/N=C\c1ccc(OCc2ccc(Br)cc2)cc1. The van der Waals surface area contributed by atoms with Crippen molar-refractivity contribution in [1.29, 1.82) is 0 Å². The highest BCUT2D eigenvalue weighted by molar-refractivity contribution is 9.10. The van der Waals surface area contributed by atoms with Gasteiger partial charge in [-0.3, -0.25) is 9.59 Å². The van der Waals surface area contributed by atoms with Gasteiger partial charge in [0.05, 0.1) is 18.7 Å². The van der Waals surface area contributed by atoms with Crippen LogP contribution in [-0.2, 0) is 11.4 Å². The summed E-state index contributed by atoms with van der Waals surface area (Å²) in [7, 11) is 0. The summed E-state index contributed by atoms with van der Waals surface area (Å²) in [5.41, 5.74) is 5.81. The molecule has 0 aromatic heterocycles. The number of ether oxygens (including phenoxy) is 1. The molecule has 0 aliphatic rings. The summed E-state index contributed by atoms with van der Waals surface area (Å²) in [4.78, 5) is 25.3. The minimum absolute atomic E-state index is 0.0444. The van der Waals surface area contributed by atoms with Gasteiger partial charge in [0.25, 0.3) is 5.91 Å². The molecule has 0 bridgehead atoms. The van der Waals surface area contributed by atoms with Crippen molar-refractivity contribution >= 4 is 34.0 Å². The minimum Gasteiger partial charge on any atom is -0.489 e. The molecular weight excluding hydrogens is 530 g/mol. The predicted octanol–water partition coefficient (Wildman–Crippen LogP) is 6.04. The summed E-state index contributed by atoms with van der Waals surface area (Å²) in [5.74, 6) is 0.185. The third-order valence-corrected chi connectivity index (χ3v) is 6.06. The van der Waals surface area contributed by atoms with E-state index in [0.29, 0.717) is 12.2 Å². The van der Waals surface area contributed by atoms with Crippen LogP contribution in [0.15, 0.2) is 119 Å². The van der Waals surface area contributed by atoms with Gasteiger partial charge in [0.1, 0.15) is 12.4 Å². The minimum atomic E-state index is -0.494. The van der Waals surface area contributed by atoms with E-state index in [1.54, 1.807) is 30.5 Å². The van der Waals surface area contributed by atoms with Crippen molar-refractivity contribution in [2.45, 2.75) is 19.1 Å². The highest BCUT2D eigenvalue weighted by Gasteiger charge is 2.19. The smallest absolute Gasteiger partial charge is 0.251 e. The maximum atomic E-state index is 12.7. The lowest BCUT2D eigenvalue weighted by atomic mass is 10.0. The van der Waals surface area contributed by atoms with Gasteiger partial charge in [-0.1, -0.05) is 76.6 Å². The molecular formula is C30H26BrN3O3. The van der Waals surface area contributed by atoms with Gasteiger partial charge in [0, 0.05) is 10.0 Å². The van der Waals surface area contributed by atoms with E-state index in [1.165, 1.54) is 0 Å². The average Bonchev–Trinajstić information content (AvgIpc) is 2.94. The molecule has 0 fully saturated rings. The lowest BCUT2D eigenvalue weighted by Crippen LogP contribution is -2.32. The Hall–Kier alpha value is -4.23. The zero-order valence-electron chi connectivity index (χ0n) is 20.0. The lowest BCUT2D eigenvalue weighted by Gasteiger charge is -2.18. The fraction of sp³-hybridized carbons (Fsp3) is 0.100. The van der Waals surface area contributed by atoms with Gasteiger partial charge in [-0.15, -0.1) is 0 Å². The normalized spacial score (nSPS) is 11.6. The molecule has 0 aliphatic heterocycles. The topological polar surface area (TPSA) is 79.8 Å². The standard InChI is InChI=1S/C30H26BrN3O3/c31-26-15-11-23(12-16-26)21-37-27-17-13-22(14-18-27)20-32-34-29(35)19-28(24-7-3-1-4-8-24)33-30(36)25-9-5-2-6-10-25/h1-18,20,28H,19,21H2,(H,33,36)(H,34,35)/b32-20-/t28-/m0/s1. The summed E-state index contributed by atoms with van der Waals surface area (Å²) >= 11 is 3.42. The van der Waals surface area contributed by atoms with E-state index in [4.69, 9.17) is 4.74 Å². The molecule has 2 amide bonds. The van der Waals surface area contributed by atoms with Gasteiger partial charge in [-0.25, -0.2) is 5.43 Å². The average molecular weight is 556 g/mol. The first-order valence-electron chi connectivity index (χ1n) is 11.8. The van der Waals surface area contributed by atoms with Gasteiger partial charge in [-0.2, -0.15) is 5.10 Å². The Morgan fingerprint density at radius 3 is 2.16 bits per heavy atom. The van der Waals surface area contributed by atoms with Crippen molar-refractivity contribution in [2.24, 2.45) is 5.10 Å². The number of carbonyl (C=O) groups is 2. The number of hydrogen-bond donors (Lipinski definition) is 2. The van der Waals surface area contributed by atoms with E-state index in [1.807, 2.05) is 84.9 Å². The van der Waals surface area contributed by atoms with Crippen LogP contribution >= 0.6 is 15.9 Å². The zero-order valence-corrected chi connectivity index (χ0v) is 21.6. The molecule has 0 saturated carbocycles. The van der Waals surface area contributed by atoms with Gasteiger partial charge < -0.3 is 10.1 Å². The molecule has 7 heteroatoms. The highest BCUT2D eigenvalue weighted by Crippen LogP contribution is 2.18. The van der Waals surface area contributed by atoms with Crippen molar-refractivity contribution in [3.8, 4) is 5.75 Å². The van der Waals surface area contributed by atoms with E-state index in [-0.39, 0.29) is 18.2 Å². The van der Waals surface area contributed by atoms with Crippen LogP contribution in [0.3, 0.4) is 0 Å². The molecule has 0 saturated heterocycles. The van der Waals surface area contributed by atoms with Crippen molar-refractivity contribution in [3.05, 3.63) is 136 Å². The lowest BCUT2D eigenvalue weighted by molar-refractivity contribution is -0.121. The Labute approximate surface area is 224 Å². The summed E-state index contributed by atoms with van der Waals surface area (Å²) in [6.07, 6.45) is 1.61. The summed E-state index contributed by atoms with van der Waals surface area (Å²) in [6.45, 7) is 0.472. The monoisotopic (exact) mass is 555 g/mol. The summed E-state index contributed by atoms with van der Waals surface area (Å²) in [6, 6.07) is 33.2. The maximum absolute atomic E-state index is 12.7. The van der Waals surface area contributed by atoms with E-state index < -0.39 is 6.04 Å². The van der Waals surface area contributed by atoms with Crippen LogP contribution < -0.4 is 15.5 Å². The van der Waals surface area contributed by atoms with Crippen molar-refractivity contribution in [1.82, 2.24) is 10.7 Å². The van der Waals surface area contributed by atoms with Crippen LogP contribution in [0.2, 0.25) is 0 Å². The van der Waals surface area contributed by atoms with Crippen LogP contribution in [0.4, 0.5) is 0 Å². The van der Waals surface area contributed by atoms with E-state index in [2.05, 4.69) is 31.8 Å². The first kappa shape index (κ1) is 25.9. The Balaban J connectivity index is 1.30. The molecule has 0 unspecified atom stereocenters. The number of nitrogens with zero attached hydrogens (tertiary/aromatic N) is 1. The molecule has 4 rings (SSSR count). The number of benzene rings is 4. The molecule has 1 atom stereocenters. The molecule has 4 aromatic carbocycles. The quantitative estimate of drug-likeness (QED) is 0.185. The number of hydrogen-bond acceptors (Lipinski definition) is 4. The number of halogens is 1. The Bertz CT molecular complexity index is 1330.